The van der Waals surface area contributed by atoms with Gasteiger partial charge in [0.25, 0.3) is 0 Å². The third-order valence-corrected chi connectivity index (χ3v) is 2.26. The molecule has 0 aliphatic carbocycles. The molecule has 0 aliphatic rings. The maximum absolute atomic E-state index is 10.5. The van der Waals surface area contributed by atoms with E-state index in [0.717, 1.165) is 0 Å². The summed E-state index contributed by atoms with van der Waals surface area (Å²) >= 11 is 3.78. The Bertz CT molecular complexity index is 126. The van der Waals surface area contributed by atoms with Crippen molar-refractivity contribution in [1.29, 1.82) is 0 Å². The normalized spacial score (nSPS) is 10.4. The van der Waals surface area contributed by atoms with Gasteiger partial charge < -0.3 is 0 Å². The molecule has 0 amide bonds. The van der Waals surface area contributed by atoms with Gasteiger partial charge in [0.05, 0.1) is 0 Å². The Balaban J connectivity index is 3.28. The fraction of sp³-hybridized carbons (Fsp3) is 0.500. The van der Waals surface area contributed by atoms with Crippen LogP contribution in [0.25, 0.3) is 0 Å². The highest BCUT2D eigenvalue weighted by atomic mass is 32.7. The van der Waals surface area contributed by atoms with Crippen LogP contribution in [0, 0.1) is 0 Å². The van der Waals surface area contributed by atoms with E-state index in [1.165, 1.54) is 0 Å². The van der Waals surface area contributed by atoms with Gasteiger partial charge in [-0.1, -0.05) is 9.24 Å². The minimum absolute atomic E-state index is 0.0186. The van der Waals surface area contributed by atoms with Crippen molar-refractivity contribution in [1.82, 2.24) is 0 Å². The molecular weight excluding hydrogens is 174 g/mol. The number of thiol groups is 1. The van der Waals surface area contributed by atoms with Crippen LogP contribution in [-0.2, 0) is 9.59 Å². The molecule has 0 radical (unpaired) electrons. The first-order chi connectivity index (χ1) is 4.16. The summed E-state index contributed by atoms with van der Waals surface area (Å²) in [5.74, 6) is 0. The highest BCUT2D eigenvalue weighted by Gasteiger charge is 1.99. The van der Waals surface area contributed by atoms with Crippen LogP contribution in [0.2, 0.25) is 0 Å². The third kappa shape index (κ3) is 6.44. The molecule has 0 rings (SSSR count). The first-order valence-corrected chi connectivity index (χ1v) is 5.24. The first kappa shape index (κ1) is 9.55. The van der Waals surface area contributed by atoms with E-state index in [-0.39, 0.29) is 18.8 Å². The largest absolute Gasteiger partial charge is 0.295 e. The summed E-state index contributed by atoms with van der Waals surface area (Å²) < 4.78 is 0. The van der Waals surface area contributed by atoms with E-state index in [9.17, 15) is 9.59 Å². The molecule has 0 aromatic rings. The Morgan fingerprint density at radius 1 is 1.44 bits per heavy atom. The van der Waals surface area contributed by atoms with Crippen molar-refractivity contribution in [3.63, 3.8) is 0 Å². The minimum Gasteiger partial charge on any atom is -0.295 e. The molecule has 0 heterocycles. The molecule has 2 unspecified atom stereocenters. The van der Waals surface area contributed by atoms with Gasteiger partial charge in [0, 0.05) is 20.6 Å². The summed E-state index contributed by atoms with van der Waals surface area (Å²) in [6, 6.07) is 0. The predicted molar refractivity (Wildman–Crippen MR) is 46.3 cm³/mol. The highest BCUT2D eigenvalue weighted by Crippen LogP contribution is 2.19. The van der Waals surface area contributed by atoms with Gasteiger partial charge >= 0.3 is 0 Å². The quantitative estimate of drug-likeness (QED) is 0.524. The Kier molecular flexibility index (Phi) is 5.67. The zero-order valence-electron chi connectivity index (χ0n) is 4.76. The van der Waals surface area contributed by atoms with Crippen LogP contribution in [0.5, 0.6) is 0 Å². The van der Waals surface area contributed by atoms with Crippen LogP contribution in [0.3, 0.4) is 0 Å². The van der Waals surface area contributed by atoms with Crippen LogP contribution in [0.4, 0.5) is 0 Å². The Morgan fingerprint density at radius 3 is 2.33 bits per heavy atom. The van der Waals surface area contributed by atoms with Crippen molar-refractivity contribution >= 4 is 40.3 Å². The van der Waals surface area contributed by atoms with Crippen molar-refractivity contribution in [3.8, 4) is 0 Å². The fourth-order valence-electron chi connectivity index (χ4n) is 0.293. The van der Waals surface area contributed by atoms with Crippen molar-refractivity contribution in [2.75, 3.05) is 0 Å². The molecule has 0 bridgehead atoms. The maximum atomic E-state index is 10.5. The van der Waals surface area contributed by atoms with Gasteiger partial charge in [-0.2, -0.15) is 0 Å². The van der Waals surface area contributed by atoms with Crippen LogP contribution >= 0.6 is 29.3 Å². The summed E-state index contributed by atoms with van der Waals surface area (Å²) in [6.45, 7) is 0. The molecule has 0 aromatic carbocycles. The van der Waals surface area contributed by atoms with E-state index in [0.29, 0.717) is 12.8 Å². The van der Waals surface area contributed by atoms with E-state index in [4.69, 9.17) is 0 Å². The number of rotatable bonds is 4. The van der Waals surface area contributed by atoms with Crippen LogP contribution in [-0.4, -0.2) is 11.0 Å². The number of hydrogen-bond acceptors (Lipinski definition) is 3. The maximum Gasteiger partial charge on any atom is 0.161 e. The first-order valence-electron chi connectivity index (χ1n) is 2.38. The molecule has 0 spiro atoms. The van der Waals surface area contributed by atoms with Gasteiger partial charge in [0.15, 0.2) is 5.52 Å². The molecule has 0 aliphatic heterocycles. The average molecular weight is 182 g/mol. The molecule has 0 N–H and O–H groups in total. The van der Waals surface area contributed by atoms with Gasteiger partial charge in [-0.25, -0.2) is 0 Å². The van der Waals surface area contributed by atoms with Crippen LogP contribution in [0.1, 0.15) is 12.8 Å². The fourth-order valence-corrected chi connectivity index (χ4v) is 1.01. The van der Waals surface area contributed by atoms with Gasteiger partial charge in [0.2, 0.25) is 0 Å². The SMILES string of the molecule is O=C(P)CCC(=O)PS. The predicted octanol–water partition coefficient (Wildman–Crippen LogP) is 1.22. The second-order valence-electron chi connectivity index (χ2n) is 1.50. The zero-order valence-corrected chi connectivity index (χ0v) is 7.80. The second kappa shape index (κ2) is 5.34. The Labute approximate surface area is 63.3 Å². The van der Waals surface area contributed by atoms with E-state index in [1.807, 2.05) is 9.24 Å². The van der Waals surface area contributed by atoms with Crippen LogP contribution < -0.4 is 0 Å². The van der Waals surface area contributed by atoms with Crippen molar-refractivity contribution in [2.24, 2.45) is 0 Å². The topological polar surface area (TPSA) is 34.1 Å². The van der Waals surface area contributed by atoms with Gasteiger partial charge in [-0.3, -0.25) is 9.59 Å². The lowest BCUT2D eigenvalue weighted by Gasteiger charge is -1.90. The lowest BCUT2D eigenvalue weighted by molar-refractivity contribution is -0.115. The van der Waals surface area contributed by atoms with Gasteiger partial charge in [-0.15, -0.1) is 12.2 Å². The molecule has 9 heavy (non-hydrogen) atoms. The molecule has 0 aromatic heterocycles. The van der Waals surface area contributed by atoms with Gasteiger partial charge in [-0.05, 0) is 0 Å². The Hall–Kier alpha value is 0.550. The van der Waals surface area contributed by atoms with E-state index in [1.54, 1.807) is 0 Å². The molecule has 5 heteroatoms. The summed E-state index contributed by atoms with van der Waals surface area (Å²) in [7, 11) is 2.06. The van der Waals surface area contributed by atoms with E-state index < -0.39 is 0 Å². The zero-order chi connectivity index (χ0) is 7.28. The number of carbonyl (C=O) groups is 2. The third-order valence-electron chi connectivity index (χ3n) is 0.723. The van der Waals surface area contributed by atoms with E-state index in [2.05, 4.69) is 12.2 Å². The second-order valence-corrected chi connectivity index (χ2v) is 3.60. The Morgan fingerprint density at radius 2 is 2.00 bits per heavy atom. The molecule has 0 fully saturated rings. The van der Waals surface area contributed by atoms with Gasteiger partial charge in [0.1, 0.15) is 5.52 Å². The van der Waals surface area contributed by atoms with Crippen molar-refractivity contribution < 1.29 is 9.59 Å². The highest BCUT2D eigenvalue weighted by molar-refractivity contribution is 8.43. The average Bonchev–Trinajstić information content (AvgIpc) is 1.83. The molecule has 0 saturated carbocycles. The van der Waals surface area contributed by atoms with Crippen molar-refractivity contribution in [3.05, 3.63) is 0 Å². The summed E-state index contributed by atoms with van der Waals surface area (Å²) in [5, 5.41) is 0. The lowest BCUT2D eigenvalue weighted by atomic mass is 10.4. The van der Waals surface area contributed by atoms with E-state index >= 15 is 0 Å². The summed E-state index contributed by atoms with van der Waals surface area (Å²) in [6.07, 6.45) is 0.668. The standard InChI is InChI=1S/C4H8O2P2S/c5-3(7)1-2-4(6)8-9/h8-9H,1-2,7H2. The molecule has 2 atom stereocenters. The molecule has 52 valence electrons. The molecule has 2 nitrogen and oxygen atoms in total. The number of hydrogen-bond donors (Lipinski definition) is 1. The van der Waals surface area contributed by atoms with Crippen molar-refractivity contribution in [2.45, 2.75) is 12.8 Å². The monoisotopic (exact) mass is 182 g/mol. The molecule has 0 saturated heterocycles. The smallest absolute Gasteiger partial charge is 0.161 e. The lowest BCUT2D eigenvalue weighted by Crippen LogP contribution is -1.91. The number of carbonyl (C=O) groups excluding carboxylic acids is 2. The molecular formula is C4H8O2P2S. The summed E-state index contributed by atoms with van der Waals surface area (Å²) in [4.78, 5) is 20.7. The van der Waals surface area contributed by atoms with Crippen LogP contribution in [0.15, 0.2) is 0 Å². The summed E-state index contributed by atoms with van der Waals surface area (Å²) in [5.41, 5.74) is 0.0315. The minimum atomic E-state index is -0.0186.